The summed E-state index contributed by atoms with van der Waals surface area (Å²) in [5.74, 6) is -0.794. The predicted octanol–water partition coefficient (Wildman–Crippen LogP) is 2.79. The van der Waals surface area contributed by atoms with E-state index in [1.165, 1.54) is 12.1 Å². The molecule has 2 heterocycles. The Balaban J connectivity index is 1.77. The van der Waals surface area contributed by atoms with Crippen molar-refractivity contribution in [2.45, 2.75) is 23.6 Å². The molecular formula is C19H17FN2O4S2. The van der Waals surface area contributed by atoms with Gasteiger partial charge in [0, 0.05) is 16.8 Å². The van der Waals surface area contributed by atoms with E-state index >= 15 is 0 Å². The van der Waals surface area contributed by atoms with E-state index in [1.807, 2.05) is 0 Å². The Morgan fingerprint density at radius 2 is 2.11 bits per heavy atom. The molecule has 2 aromatic carbocycles. The first kappa shape index (κ1) is 18.9. The number of nitrogens with two attached hydrogens (primary N) is 1. The van der Waals surface area contributed by atoms with Crippen LogP contribution in [0.25, 0.3) is 10.1 Å². The minimum Gasteiger partial charge on any atom is -0.378 e. The van der Waals surface area contributed by atoms with Crippen LogP contribution in [0.3, 0.4) is 0 Å². The average molecular weight is 420 g/mol. The molecule has 1 aliphatic rings. The SMILES string of the molecule is Cc1c(S(=O)(=O)Oc2cccc3c2CCNC3C(N)=O)sc2ccc(F)cc12. The van der Waals surface area contributed by atoms with Crippen molar-refractivity contribution >= 4 is 37.4 Å². The van der Waals surface area contributed by atoms with Crippen LogP contribution in [0.1, 0.15) is 22.7 Å². The summed E-state index contributed by atoms with van der Waals surface area (Å²) in [6.07, 6.45) is 0.501. The second-order valence-electron chi connectivity index (χ2n) is 6.56. The molecular weight excluding hydrogens is 403 g/mol. The van der Waals surface area contributed by atoms with Gasteiger partial charge in [0.25, 0.3) is 0 Å². The zero-order chi connectivity index (χ0) is 20.1. The first-order valence-electron chi connectivity index (χ1n) is 8.55. The maximum atomic E-state index is 13.5. The molecule has 1 unspecified atom stereocenters. The first-order chi connectivity index (χ1) is 13.3. The molecule has 4 rings (SSSR count). The minimum atomic E-state index is -4.13. The molecule has 0 bridgehead atoms. The van der Waals surface area contributed by atoms with Crippen molar-refractivity contribution in [3.05, 3.63) is 58.9 Å². The summed E-state index contributed by atoms with van der Waals surface area (Å²) in [6.45, 7) is 2.10. The number of hydrogen-bond donors (Lipinski definition) is 2. The second kappa shape index (κ2) is 6.84. The number of carbonyl (C=O) groups is 1. The van der Waals surface area contributed by atoms with E-state index < -0.39 is 27.9 Å². The number of nitrogens with one attached hydrogen (secondary N) is 1. The Labute approximate surface area is 165 Å². The summed E-state index contributed by atoms with van der Waals surface area (Å²) < 4.78 is 45.6. The van der Waals surface area contributed by atoms with E-state index in [0.29, 0.717) is 39.7 Å². The van der Waals surface area contributed by atoms with Crippen LogP contribution in [-0.4, -0.2) is 20.9 Å². The molecule has 0 spiro atoms. The lowest BCUT2D eigenvalue weighted by molar-refractivity contribution is -0.120. The number of hydrogen-bond acceptors (Lipinski definition) is 6. The molecule has 1 aromatic heterocycles. The second-order valence-corrected chi connectivity index (χ2v) is 9.35. The molecule has 1 atom stereocenters. The summed E-state index contributed by atoms with van der Waals surface area (Å²) in [6, 6.07) is 8.37. The van der Waals surface area contributed by atoms with Crippen molar-refractivity contribution in [3.63, 3.8) is 0 Å². The van der Waals surface area contributed by atoms with E-state index in [9.17, 15) is 17.6 Å². The van der Waals surface area contributed by atoms with Crippen molar-refractivity contribution < 1.29 is 21.8 Å². The highest BCUT2D eigenvalue weighted by atomic mass is 32.3. The number of benzene rings is 2. The molecule has 0 saturated heterocycles. The van der Waals surface area contributed by atoms with Crippen LogP contribution >= 0.6 is 11.3 Å². The monoisotopic (exact) mass is 420 g/mol. The van der Waals surface area contributed by atoms with Crippen molar-refractivity contribution in [2.24, 2.45) is 5.73 Å². The van der Waals surface area contributed by atoms with Gasteiger partial charge in [0.15, 0.2) is 4.21 Å². The van der Waals surface area contributed by atoms with Crippen LogP contribution < -0.4 is 15.2 Å². The highest BCUT2D eigenvalue weighted by Gasteiger charge is 2.29. The van der Waals surface area contributed by atoms with Crippen LogP contribution in [0.4, 0.5) is 4.39 Å². The van der Waals surface area contributed by atoms with Crippen molar-refractivity contribution in [1.29, 1.82) is 0 Å². The molecule has 3 aromatic rings. The minimum absolute atomic E-state index is 0.0334. The zero-order valence-electron chi connectivity index (χ0n) is 14.9. The van der Waals surface area contributed by atoms with Gasteiger partial charge in [0.2, 0.25) is 5.91 Å². The molecule has 28 heavy (non-hydrogen) atoms. The number of primary amides is 1. The summed E-state index contributed by atoms with van der Waals surface area (Å²) >= 11 is 1.04. The summed E-state index contributed by atoms with van der Waals surface area (Å²) in [7, 11) is -4.13. The molecule has 146 valence electrons. The van der Waals surface area contributed by atoms with Crippen LogP contribution in [0, 0.1) is 12.7 Å². The fourth-order valence-electron chi connectivity index (χ4n) is 3.47. The molecule has 1 amide bonds. The van der Waals surface area contributed by atoms with Crippen LogP contribution in [-0.2, 0) is 21.3 Å². The number of rotatable bonds is 4. The van der Waals surface area contributed by atoms with Gasteiger partial charge < -0.3 is 15.2 Å². The Morgan fingerprint density at radius 3 is 2.86 bits per heavy atom. The van der Waals surface area contributed by atoms with Gasteiger partial charge >= 0.3 is 10.1 Å². The van der Waals surface area contributed by atoms with Crippen molar-refractivity contribution in [3.8, 4) is 5.75 Å². The van der Waals surface area contributed by atoms with Crippen molar-refractivity contribution in [1.82, 2.24) is 5.32 Å². The number of carbonyl (C=O) groups excluding carboxylic acids is 1. The maximum Gasteiger partial charge on any atom is 0.349 e. The number of halogens is 1. The molecule has 0 aliphatic carbocycles. The van der Waals surface area contributed by atoms with E-state index in [1.54, 1.807) is 31.2 Å². The van der Waals surface area contributed by atoms with Crippen LogP contribution in [0.5, 0.6) is 5.75 Å². The lowest BCUT2D eigenvalue weighted by Gasteiger charge is -2.26. The summed E-state index contributed by atoms with van der Waals surface area (Å²) in [5.41, 5.74) is 7.13. The summed E-state index contributed by atoms with van der Waals surface area (Å²) in [4.78, 5) is 11.7. The fourth-order valence-corrected chi connectivity index (χ4v) is 6.12. The quantitative estimate of drug-likeness (QED) is 0.633. The lowest BCUT2D eigenvalue weighted by atomic mass is 9.93. The molecule has 0 saturated carbocycles. The zero-order valence-corrected chi connectivity index (χ0v) is 16.5. The molecule has 3 N–H and O–H groups in total. The third kappa shape index (κ3) is 3.15. The third-order valence-electron chi connectivity index (χ3n) is 4.77. The van der Waals surface area contributed by atoms with E-state index in [2.05, 4.69) is 5.32 Å². The third-order valence-corrected chi connectivity index (χ3v) is 7.86. The normalized spacial score (nSPS) is 16.7. The highest BCUT2D eigenvalue weighted by Crippen LogP contribution is 2.37. The van der Waals surface area contributed by atoms with Gasteiger partial charge in [-0.2, -0.15) is 8.42 Å². The number of amides is 1. The highest BCUT2D eigenvalue weighted by molar-refractivity contribution is 7.89. The largest absolute Gasteiger partial charge is 0.378 e. The molecule has 1 aliphatic heterocycles. The van der Waals surface area contributed by atoms with Crippen LogP contribution in [0.2, 0.25) is 0 Å². The van der Waals surface area contributed by atoms with Gasteiger partial charge in [-0.25, -0.2) is 4.39 Å². The predicted molar refractivity (Wildman–Crippen MR) is 104 cm³/mol. The number of fused-ring (bicyclic) bond motifs is 2. The maximum absolute atomic E-state index is 13.5. The topological polar surface area (TPSA) is 98.5 Å². The van der Waals surface area contributed by atoms with Gasteiger partial charge in [-0.1, -0.05) is 12.1 Å². The lowest BCUT2D eigenvalue weighted by Crippen LogP contribution is -2.38. The molecule has 6 nitrogen and oxygen atoms in total. The fraction of sp³-hybridized carbons (Fsp3) is 0.211. The standard InChI is InChI=1S/C19H17FN2O4S2/c1-10-14-9-11(20)5-6-16(14)27-19(10)28(24,25)26-15-4-2-3-13-12(15)7-8-22-17(13)18(21)23/h2-6,9,17,22H,7-8H2,1H3,(H2,21,23). The summed E-state index contributed by atoms with van der Waals surface area (Å²) in [5, 5.41) is 3.56. The average Bonchev–Trinajstić information content (AvgIpc) is 2.98. The number of thiophene rings is 1. The van der Waals surface area contributed by atoms with Crippen molar-refractivity contribution in [2.75, 3.05) is 6.54 Å². The molecule has 0 radical (unpaired) electrons. The first-order valence-corrected chi connectivity index (χ1v) is 10.8. The Hall–Kier alpha value is -2.49. The van der Waals surface area contributed by atoms with Gasteiger partial charge in [-0.05, 0) is 54.1 Å². The Kier molecular flexibility index (Phi) is 4.60. The van der Waals surface area contributed by atoms with E-state index in [0.717, 1.165) is 11.3 Å². The number of aryl methyl sites for hydroxylation is 1. The molecule has 0 fully saturated rings. The Bertz CT molecular complexity index is 1200. The Morgan fingerprint density at radius 1 is 1.32 bits per heavy atom. The van der Waals surface area contributed by atoms with E-state index in [-0.39, 0.29) is 9.96 Å². The van der Waals surface area contributed by atoms with Gasteiger partial charge in [0.1, 0.15) is 17.6 Å². The van der Waals surface area contributed by atoms with Crippen LogP contribution in [0.15, 0.2) is 40.6 Å². The van der Waals surface area contributed by atoms with Gasteiger partial charge in [-0.15, -0.1) is 11.3 Å². The smallest absolute Gasteiger partial charge is 0.349 e. The van der Waals surface area contributed by atoms with E-state index in [4.69, 9.17) is 9.92 Å². The van der Waals surface area contributed by atoms with Gasteiger partial charge in [0.05, 0.1) is 0 Å². The van der Waals surface area contributed by atoms with Gasteiger partial charge in [-0.3, -0.25) is 4.79 Å². The molecule has 9 heteroatoms.